The summed E-state index contributed by atoms with van der Waals surface area (Å²) in [4.78, 5) is 14.2. The fourth-order valence-electron chi connectivity index (χ4n) is 3.97. The molecule has 0 N–H and O–H groups in total. The van der Waals surface area contributed by atoms with Crippen LogP contribution in [0.15, 0.2) is 97.3 Å². The molecule has 0 radical (unpaired) electrons. The molecule has 0 atom stereocenters. The number of nitrogens with zero attached hydrogens (tertiary/aromatic N) is 3. The first-order valence-corrected chi connectivity index (χ1v) is 9.88. The van der Waals surface area contributed by atoms with E-state index < -0.39 is 0 Å². The molecule has 3 aromatic carbocycles. The van der Waals surface area contributed by atoms with Gasteiger partial charge in [0.05, 0.1) is 11.0 Å². The Bertz CT molecular complexity index is 1540. The van der Waals surface area contributed by atoms with Gasteiger partial charge >= 0.3 is 0 Å². The van der Waals surface area contributed by atoms with Gasteiger partial charge < -0.3 is 0 Å². The molecule has 6 rings (SSSR count). The molecule has 0 spiro atoms. The average Bonchev–Trinajstić information content (AvgIpc) is 2.84. The van der Waals surface area contributed by atoms with Crippen molar-refractivity contribution in [1.29, 1.82) is 0 Å². The van der Waals surface area contributed by atoms with Gasteiger partial charge in [0.2, 0.25) is 0 Å². The zero-order valence-corrected chi connectivity index (χ0v) is 18.7. The summed E-state index contributed by atoms with van der Waals surface area (Å²) in [7, 11) is 0. The molecule has 3 nitrogen and oxygen atoms in total. The molecule has 0 saturated heterocycles. The number of fused-ring (bicyclic) bond motifs is 5. The zero-order valence-electron chi connectivity index (χ0n) is 16.4. The zero-order chi connectivity index (χ0) is 19.9. The minimum atomic E-state index is 0. The van der Waals surface area contributed by atoms with Gasteiger partial charge in [0.25, 0.3) is 0 Å². The van der Waals surface area contributed by atoms with Crippen LogP contribution in [0.5, 0.6) is 0 Å². The van der Waals surface area contributed by atoms with E-state index >= 15 is 0 Å². The maximum Gasteiger partial charge on any atom is 0.0801 e. The van der Waals surface area contributed by atoms with Crippen LogP contribution in [0.25, 0.3) is 55.1 Å². The van der Waals surface area contributed by atoms with Gasteiger partial charge in [0.1, 0.15) is 0 Å². The van der Waals surface area contributed by atoms with Crippen LogP contribution in [-0.4, -0.2) is 15.0 Å². The quantitative estimate of drug-likeness (QED) is 0.175. The molecule has 150 valence electrons. The van der Waals surface area contributed by atoms with Gasteiger partial charge in [-0.2, -0.15) is 0 Å². The molecule has 0 amide bonds. The Morgan fingerprint density at radius 3 is 2.03 bits per heavy atom. The van der Waals surface area contributed by atoms with Gasteiger partial charge in [-0.25, -0.2) is 0 Å². The summed E-state index contributed by atoms with van der Waals surface area (Å²) >= 11 is 0. The Morgan fingerprint density at radius 2 is 1.23 bits per heavy atom. The molecule has 3 heterocycles. The predicted octanol–water partition coefficient (Wildman–Crippen LogP) is 6.46. The normalized spacial score (nSPS) is 11.0. The molecule has 0 saturated carbocycles. The molecule has 0 unspecified atom stereocenters. The summed E-state index contributed by atoms with van der Waals surface area (Å²) in [6.45, 7) is 0. The van der Waals surface area contributed by atoms with Gasteiger partial charge in [-0.1, -0.05) is 65.7 Å². The third kappa shape index (κ3) is 3.41. The first-order valence-electron chi connectivity index (χ1n) is 9.88. The maximum atomic E-state index is 5.07. The Hall–Kier alpha value is -3.42. The molecule has 0 fully saturated rings. The molecular formula is C27H16N3Pt-. The van der Waals surface area contributed by atoms with E-state index in [0.717, 1.165) is 55.1 Å². The minimum Gasteiger partial charge on any atom is -0.295 e. The van der Waals surface area contributed by atoms with Gasteiger partial charge in [-0.05, 0) is 22.9 Å². The molecule has 0 aliphatic rings. The molecule has 3 aromatic heterocycles. The van der Waals surface area contributed by atoms with Crippen LogP contribution in [0.3, 0.4) is 0 Å². The van der Waals surface area contributed by atoms with Crippen LogP contribution in [0, 0.1) is 6.07 Å². The summed E-state index contributed by atoms with van der Waals surface area (Å²) in [6, 6.07) is 32.2. The summed E-state index contributed by atoms with van der Waals surface area (Å²) in [5.74, 6) is 0. The molecular weight excluding hydrogens is 561 g/mol. The van der Waals surface area contributed by atoms with Crippen molar-refractivity contribution in [2.75, 3.05) is 0 Å². The van der Waals surface area contributed by atoms with Crippen molar-refractivity contribution in [2.45, 2.75) is 0 Å². The summed E-state index contributed by atoms with van der Waals surface area (Å²) < 4.78 is 0. The molecule has 4 heteroatoms. The van der Waals surface area contributed by atoms with E-state index in [2.05, 4.69) is 58.5 Å². The van der Waals surface area contributed by atoms with Crippen molar-refractivity contribution in [1.82, 2.24) is 15.0 Å². The SMILES string of the molecule is [Pt].[c-]1c(-c2ccccn2)cccc1-c1ccc2ccc3ccc4cccnc4c3c2n1. The van der Waals surface area contributed by atoms with Gasteiger partial charge in [-0.3, -0.25) is 15.0 Å². The molecule has 31 heavy (non-hydrogen) atoms. The first kappa shape index (κ1) is 19.5. The predicted molar refractivity (Wildman–Crippen MR) is 122 cm³/mol. The summed E-state index contributed by atoms with van der Waals surface area (Å²) in [6.07, 6.45) is 3.64. The van der Waals surface area contributed by atoms with E-state index in [4.69, 9.17) is 4.98 Å². The number of rotatable bonds is 2. The van der Waals surface area contributed by atoms with E-state index in [0.29, 0.717) is 0 Å². The van der Waals surface area contributed by atoms with Crippen LogP contribution < -0.4 is 0 Å². The van der Waals surface area contributed by atoms with Crippen LogP contribution in [-0.2, 0) is 21.1 Å². The van der Waals surface area contributed by atoms with E-state index in [1.54, 1.807) is 6.20 Å². The number of pyridine rings is 3. The Labute approximate surface area is 194 Å². The van der Waals surface area contributed by atoms with Crippen molar-refractivity contribution in [2.24, 2.45) is 0 Å². The van der Waals surface area contributed by atoms with E-state index in [1.165, 1.54) is 0 Å². The van der Waals surface area contributed by atoms with E-state index in [1.807, 2.05) is 48.7 Å². The fraction of sp³-hybridized carbons (Fsp3) is 0. The Balaban J connectivity index is 0.00000204. The first-order chi connectivity index (χ1) is 14.9. The van der Waals surface area contributed by atoms with Crippen LogP contribution in [0.4, 0.5) is 0 Å². The average molecular weight is 578 g/mol. The van der Waals surface area contributed by atoms with Crippen molar-refractivity contribution in [3.63, 3.8) is 0 Å². The monoisotopic (exact) mass is 577 g/mol. The molecule has 0 aliphatic carbocycles. The second-order valence-electron chi connectivity index (χ2n) is 7.27. The second-order valence-corrected chi connectivity index (χ2v) is 7.27. The molecule has 0 bridgehead atoms. The smallest absolute Gasteiger partial charge is 0.0801 e. The number of benzene rings is 3. The number of aromatic nitrogens is 3. The number of hydrogen-bond donors (Lipinski definition) is 0. The molecule has 6 aromatic rings. The van der Waals surface area contributed by atoms with Crippen LogP contribution in [0.2, 0.25) is 0 Å². The van der Waals surface area contributed by atoms with E-state index in [-0.39, 0.29) is 21.1 Å². The third-order valence-corrected chi connectivity index (χ3v) is 5.42. The number of hydrogen-bond acceptors (Lipinski definition) is 3. The van der Waals surface area contributed by atoms with Crippen LogP contribution >= 0.6 is 0 Å². The van der Waals surface area contributed by atoms with Gasteiger partial charge in [0, 0.05) is 55.6 Å². The maximum absolute atomic E-state index is 5.07. The third-order valence-electron chi connectivity index (χ3n) is 5.42. The Kier molecular flexibility index (Phi) is 5.05. The van der Waals surface area contributed by atoms with Crippen molar-refractivity contribution >= 4 is 32.6 Å². The summed E-state index contributed by atoms with van der Waals surface area (Å²) in [5, 5.41) is 4.46. The fourth-order valence-corrected chi connectivity index (χ4v) is 3.97. The van der Waals surface area contributed by atoms with Crippen LogP contribution in [0.1, 0.15) is 0 Å². The van der Waals surface area contributed by atoms with Crippen molar-refractivity contribution < 1.29 is 21.1 Å². The largest absolute Gasteiger partial charge is 0.295 e. The van der Waals surface area contributed by atoms with Crippen molar-refractivity contribution in [3.8, 4) is 22.5 Å². The Morgan fingerprint density at radius 1 is 0.516 bits per heavy atom. The minimum absolute atomic E-state index is 0. The second kappa shape index (κ2) is 8.02. The van der Waals surface area contributed by atoms with Crippen molar-refractivity contribution in [3.05, 3.63) is 103 Å². The topological polar surface area (TPSA) is 38.7 Å². The summed E-state index contributed by atoms with van der Waals surface area (Å²) in [5.41, 5.74) is 5.65. The molecule has 0 aliphatic heterocycles. The van der Waals surface area contributed by atoms with E-state index in [9.17, 15) is 0 Å². The van der Waals surface area contributed by atoms with Gasteiger partial charge in [-0.15, -0.1) is 24.3 Å². The standard InChI is InChI=1S/C27H16N3.Pt/c1-2-15-28-23(8-1)21-5-3-6-22(17-21)24-14-13-20-12-10-18-9-11-19-7-4-16-29-26(19)25(18)27(20)30-24;/h1-16H;/q-1;. The van der Waals surface area contributed by atoms with Gasteiger partial charge in [0.15, 0.2) is 0 Å².